The molecule has 0 radical (unpaired) electrons. The lowest BCUT2D eigenvalue weighted by molar-refractivity contribution is -0.121. The van der Waals surface area contributed by atoms with Gasteiger partial charge in [0.05, 0.1) is 24.3 Å². The number of anilines is 2. The molecule has 0 atom stereocenters. The van der Waals surface area contributed by atoms with Gasteiger partial charge in [0.1, 0.15) is 0 Å². The van der Waals surface area contributed by atoms with Crippen molar-refractivity contribution in [2.45, 2.75) is 6.42 Å². The zero-order chi connectivity index (χ0) is 11.0. The van der Waals surface area contributed by atoms with Crippen molar-refractivity contribution in [3.63, 3.8) is 0 Å². The van der Waals surface area contributed by atoms with Crippen LogP contribution in [0.4, 0.5) is 11.4 Å². The molecular formula is C9H8ClN3O2. The molecule has 1 fully saturated rings. The number of halogens is 1. The summed E-state index contributed by atoms with van der Waals surface area (Å²) in [6.07, 6.45) is 1.38. The molecule has 0 aliphatic carbocycles. The molecule has 0 saturated carbocycles. The molecule has 0 spiro atoms. The molecule has 0 unspecified atom stereocenters. The van der Waals surface area contributed by atoms with Crippen LogP contribution in [0.1, 0.15) is 6.42 Å². The molecular weight excluding hydrogens is 218 g/mol. The number of hydrogen-bond donors (Lipinski definition) is 1. The average Bonchev–Trinajstić information content (AvgIpc) is 2.50. The molecule has 1 aliphatic heterocycles. The second-order valence-electron chi connectivity index (χ2n) is 3.23. The number of nitrogens with zero attached hydrogens (tertiary/aromatic N) is 2. The van der Waals surface area contributed by atoms with Crippen molar-refractivity contribution in [2.75, 3.05) is 17.2 Å². The Morgan fingerprint density at radius 2 is 2.20 bits per heavy atom. The van der Waals surface area contributed by atoms with E-state index in [0.29, 0.717) is 5.69 Å². The van der Waals surface area contributed by atoms with Crippen LogP contribution in [0.2, 0.25) is 5.15 Å². The first-order valence-electron chi connectivity index (χ1n) is 4.31. The van der Waals surface area contributed by atoms with Crippen LogP contribution in [-0.2, 0) is 9.59 Å². The second kappa shape index (κ2) is 3.51. The van der Waals surface area contributed by atoms with Crippen LogP contribution in [0, 0.1) is 0 Å². The number of carbonyl (C=O) groups is 2. The normalized spacial score (nSPS) is 16.2. The van der Waals surface area contributed by atoms with E-state index < -0.39 is 0 Å². The number of nitrogen functional groups attached to an aromatic ring is 1. The van der Waals surface area contributed by atoms with E-state index >= 15 is 0 Å². The Morgan fingerprint density at radius 1 is 1.47 bits per heavy atom. The van der Waals surface area contributed by atoms with Crippen molar-refractivity contribution in [3.05, 3.63) is 17.4 Å². The summed E-state index contributed by atoms with van der Waals surface area (Å²) in [5.41, 5.74) is 6.34. The van der Waals surface area contributed by atoms with Crippen molar-refractivity contribution in [2.24, 2.45) is 0 Å². The second-order valence-corrected chi connectivity index (χ2v) is 3.59. The Labute approximate surface area is 90.8 Å². The first-order chi connectivity index (χ1) is 7.09. The summed E-state index contributed by atoms with van der Waals surface area (Å²) in [6.45, 7) is 0.0589. The molecule has 6 heteroatoms. The Bertz CT molecular complexity index is 447. The van der Waals surface area contributed by atoms with Crippen LogP contribution in [0.15, 0.2) is 12.3 Å². The number of ketones is 1. The largest absolute Gasteiger partial charge is 0.395 e. The van der Waals surface area contributed by atoms with E-state index in [2.05, 4.69) is 4.98 Å². The average molecular weight is 226 g/mol. The van der Waals surface area contributed by atoms with Gasteiger partial charge < -0.3 is 10.6 Å². The van der Waals surface area contributed by atoms with E-state index in [1.165, 1.54) is 11.1 Å². The maximum absolute atomic E-state index is 11.4. The maximum atomic E-state index is 11.4. The Hall–Kier alpha value is -1.62. The monoisotopic (exact) mass is 225 g/mol. The number of amides is 1. The van der Waals surface area contributed by atoms with Crippen molar-refractivity contribution >= 4 is 34.7 Å². The van der Waals surface area contributed by atoms with Crippen molar-refractivity contribution in [1.29, 1.82) is 0 Å². The van der Waals surface area contributed by atoms with Gasteiger partial charge in [-0.3, -0.25) is 9.59 Å². The minimum Gasteiger partial charge on any atom is -0.395 e. The predicted molar refractivity (Wildman–Crippen MR) is 55.6 cm³/mol. The molecule has 1 aromatic heterocycles. The first-order valence-corrected chi connectivity index (χ1v) is 4.69. The van der Waals surface area contributed by atoms with E-state index in [9.17, 15) is 9.59 Å². The number of pyridine rings is 1. The van der Waals surface area contributed by atoms with Gasteiger partial charge in [-0.1, -0.05) is 11.6 Å². The molecule has 1 amide bonds. The quantitative estimate of drug-likeness (QED) is 0.562. The van der Waals surface area contributed by atoms with Gasteiger partial charge in [0.15, 0.2) is 10.9 Å². The molecule has 5 nitrogen and oxygen atoms in total. The summed E-state index contributed by atoms with van der Waals surface area (Å²) in [6, 6.07) is 1.57. The zero-order valence-electron chi connectivity index (χ0n) is 7.74. The van der Waals surface area contributed by atoms with Gasteiger partial charge in [-0.05, 0) is 6.07 Å². The van der Waals surface area contributed by atoms with E-state index in [1.807, 2.05) is 0 Å². The fourth-order valence-corrected chi connectivity index (χ4v) is 1.63. The maximum Gasteiger partial charge on any atom is 0.234 e. The third-order valence-electron chi connectivity index (χ3n) is 2.19. The lowest BCUT2D eigenvalue weighted by Gasteiger charge is -2.16. The Balaban J connectivity index is 2.42. The van der Waals surface area contributed by atoms with Crippen molar-refractivity contribution < 1.29 is 9.59 Å². The van der Waals surface area contributed by atoms with Gasteiger partial charge in [-0.2, -0.15) is 0 Å². The lowest BCUT2D eigenvalue weighted by Crippen LogP contribution is -2.25. The van der Waals surface area contributed by atoms with Gasteiger partial charge in [-0.15, -0.1) is 0 Å². The molecule has 2 N–H and O–H groups in total. The molecule has 0 aromatic carbocycles. The summed E-state index contributed by atoms with van der Waals surface area (Å²) in [5.74, 6) is -0.374. The van der Waals surface area contributed by atoms with E-state index in [4.69, 9.17) is 17.3 Å². The number of rotatable bonds is 1. The highest BCUT2D eigenvalue weighted by molar-refractivity contribution is 6.32. The lowest BCUT2D eigenvalue weighted by atomic mass is 10.3. The molecule has 1 aliphatic rings. The first kappa shape index (κ1) is 9.92. The van der Waals surface area contributed by atoms with E-state index in [-0.39, 0.29) is 35.5 Å². The zero-order valence-corrected chi connectivity index (χ0v) is 8.49. The minimum atomic E-state index is -0.256. The van der Waals surface area contributed by atoms with Crippen LogP contribution in [0.5, 0.6) is 0 Å². The fraction of sp³-hybridized carbons (Fsp3) is 0.222. The highest BCUT2D eigenvalue weighted by Gasteiger charge is 2.30. The fourth-order valence-electron chi connectivity index (χ4n) is 1.48. The number of Topliss-reactive ketones (excluding diaryl/α,β-unsaturated/α-hetero) is 1. The van der Waals surface area contributed by atoms with Crippen molar-refractivity contribution in [1.82, 2.24) is 4.98 Å². The smallest absolute Gasteiger partial charge is 0.234 e. The van der Waals surface area contributed by atoms with Gasteiger partial charge in [0, 0.05) is 6.20 Å². The molecule has 2 rings (SSSR count). The summed E-state index contributed by atoms with van der Waals surface area (Å²) < 4.78 is 0. The van der Waals surface area contributed by atoms with Gasteiger partial charge in [0.25, 0.3) is 0 Å². The number of carbonyl (C=O) groups excluding carboxylic acids is 2. The summed E-state index contributed by atoms with van der Waals surface area (Å²) in [5, 5.41) is 0.139. The van der Waals surface area contributed by atoms with Crippen LogP contribution in [-0.4, -0.2) is 23.2 Å². The summed E-state index contributed by atoms with van der Waals surface area (Å²) in [7, 11) is 0. The third kappa shape index (κ3) is 1.66. The van der Waals surface area contributed by atoms with E-state index in [0.717, 1.165) is 0 Å². The number of nitrogens with two attached hydrogens (primary N) is 1. The molecule has 15 heavy (non-hydrogen) atoms. The Kier molecular flexibility index (Phi) is 2.32. The van der Waals surface area contributed by atoms with Crippen LogP contribution >= 0.6 is 11.6 Å². The SMILES string of the molecule is Nc1c(N2CC(=O)CC2=O)ccnc1Cl. The number of hydrogen-bond acceptors (Lipinski definition) is 4. The minimum absolute atomic E-state index is 0.0589. The van der Waals surface area contributed by atoms with Gasteiger partial charge in [0.2, 0.25) is 5.91 Å². The van der Waals surface area contributed by atoms with Crippen molar-refractivity contribution in [3.8, 4) is 0 Å². The van der Waals surface area contributed by atoms with Crippen LogP contribution < -0.4 is 10.6 Å². The van der Waals surface area contributed by atoms with Gasteiger partial charge in [-0.25, -0.2) is 4.98 Å². The highest BCUT2D eigenvalue weighted by atomic mass is 35.5. The standard InChI is InChI=1S/C9H8ClN3O2/c10-9-8(11)6(1-2-12-9)13-4-5(14)3-7(13)15/h1-2H,3-4,11H2. The molecule has 1 aromatic rings. The Morgan fingerprint density at radius 3 is 2.80 bits per heavy atom. The number of aromatic nitrogens is 1. The predicted octanol–water partition coefficient (Wildman–Crippen LogP) is 0.623. The van der Waals surface area contributed by atoms with Gasteiger partial charge >= 0.3 is 0 Å². The summed E-state index contributed by atoms with van der Waals surface area (Å²) >= 11 is 5.72. The highest BCUT2D eigenvalue weighted by Crippen LogP contribution is 2.30. The van der Waals surface area contributed by atoms with Crippen LogP contribution in [0.3, 0.4) is 0 Å². The van der Waals surface area contributed by atoms with Crippen LogP contribution in [0.25, 0.3) is 0 Å². The van der Waals surface area contributed by atoms with E-state index in [1.54, 1.807) is 6.07 Å². The third-order valence-corrected chi connectivity index (χ3v) is 2.49. The topological polar surface area (TPSA) is 76.3 Å². The molecule has 2 heterocycles. The molecule has 1 saturated heterocycles. The summed E-state index contributed by atoms with van der Waals surface area (Å²) in [4.78, 5) is 27.6. The molecule has 0 bridgehead atoms. The molecule has 78 valence electrons.